The van der Waals surface area contributed by atoms with E-state index >= 15 is 0 Å². The summed E-state index contributed by atoms with van der Waals surface area (Å²) in [6.45, 7) is 3.90. The van der Waals surface area contributed by atoms with Crippen LogP contribution in [0.25, 0.3) is 0 Å². The zero-order valence-corrected chi connectivity index (χ0v) is 9.00. The number of rotatable bonds is 3. The van der Waals surface area contributed by atoms with Crippen LogP contribution in [-0.4, -0.2) is 12.8 Å². The van der Waals surface area contributed by atoms with E-state index in [1.165, 1.54) is 0 Å². The second kappa shape index (κ2) is 5.44. The Balaban J connectivity index is 2.56. The zero-order valence-electron chi connectivity index (χ0n) is 9.00. The van der Waals surface area contributed by atoms with Crippen molar-refractivity contribution in [2.24, 2.45) is 5.92 Å². The zero-order chi connectivity index (χ0) is 12.1. The third kappa shape index (κ3) is 4.25. The molecule has 1 aromatic rings. The summed E-state index contributed by atoms with van der Waals surface area (Å²) in [4.78, 5) is 11.1. The first-order valence-corrected chi connectivity index (χ1v) is 4.78. The highest BCUT2D eigenvalue weighted by molar-refractivity contribution is 5.63. The van der Waals surface area contributed by atoms with Gasteiger partial charge < -0.3 is 9.47 Å². The van der Waals surface area contributed by atoms with Crippen molar-refractivity contribution in [3.8, 4) is 5.75 Å². The Kier molecular flexibility index (Phi) is 4.22. The third-order valence-electron chi connectivity index (χ3n) is 1.57. The van der Waals surface area contributed by atoms with Gasteiger partial charge in [0.15, 0.2) is 0 Å². The van der Waals surface area contributed by atoms with Crippen LogP contribution in [0.15, 0.2) is 18.2 Å². The summed E-state index contributed by atoms with van der Waals surface area (Å²) in [5, 5.41) is 0. The van der Waals surface area contributed by atoms with E-state index in [0.29, 0.717) is 6.07 Å². The van der Waals surface area contributed by atoms with E-state index in [1.807, 2.05) is 13.8 Å². The van der Waals surface area contributed by atoms with Gasteiger partial charge in [-0.1, -0.05) is 13.8 Å². The molecule has 3 nitrogen and oxygen atoms in total. The molecule has 0 saturated carbocycles. The molecule has 0 fully saturated rings. The lowest BCUT2D eigenvalue weighted by Crippen LogP contribution is -2.14. The highest BCUT2D eigenvalue weighted by Crippen LogP contribution is 2.15. The van der Waals surface area contributed by atoms with Gasteiger partial charge in [0, 0.05) is 18.2 Å². The van der Waals surface area contributed by atoms with Crippen molar-refractivity contribution >= 4 is 6.16 Å². The van der Waals surface area contributed by atoms with Crippen molar-refractivity contribution < 1.29 is 23.0 Å². The summed E-state index contributed by atoms with van der Waals surface area (Å²) >= 11 is 0. The smallest absolute Gasteiger partial charge is 0.434 e. The molecule has 1 aromatic carbocycles. The summed E-state index contributed by atoms with van der Waals surface area (Å²) in [7, 11) is 0. The van der Waals surface area contributed by atoms with Gasteiger partial charge in [-0.2, -0.15) is 0 Å². The van der Waals surface area contributed by atoms with Gasteiger partial charge in [-0.05, 0) is 5.92 Å². The fraction of sp³-hybridized carbons (Fsp3) is 0.364. The second-order valence-corrected chi connectivity index (χ2v) is 3.66. The molecule has 1 rings (SSSR count). The van der Waals surface area contributed by atoms with E-state index in [0.717, 1.165) is 12.1 Å². The number of benzene rings is 1. The molecule has 5 heteroatoms. The van der Waals surface area contributed by atoms with Crippen LogP contribution in [0.5, 0.6) is 5.75 Å². The molecule has 88 valence electrons. The number of carbonyl (C=O) groups is 1. The number of carbonyl (C=O) groups excluding carboxylic acids is 1. The largest absolute Gasteiger partial charge is 0.513 e. The van der Waals surface area contributed by atoms with Crippen molar-refractivity contribution in [1.29, 1.82) is 0 Å². The molecule has 0 N–H and O–H groups in total. The van der Waals surface area contributed by atoms with E-state index in [4.69, 9.17) is 0 Å². The van der Waals surface area contributed by atoms with E-state index in [2.05, 4.69) is 9.47 Å². The van der Waals surface area contributed by atoms with Crippen molar-refractivity contribution in [1.82, 2.24) is 0 Å². The highest BCUT2D eigenvalue weighted by atomic mass is 19.1. The number of ether oxygens (including phenoxy) is 2. The van der Waals surface area contributed by atoms with Crippen LogP contribution in [0.2, 0.25) is 0 Å². The minimum Gasteiger partial charge on any atom is -0.434 e. The summed E-state index contributed by atoms with van der Waals surface area (Å²) in [6, 6.07) is 2.49. The monoisotopic (exact) mass is 230 g/mol. The van der Waals surface area contributed by atoms with E-state index in [-0.39, 0.29) is 18.3 Å². The SMILES string of the molecule is CC(C)COC(=O)Oc1cc(F)cc(F)c1. The maximum absolute atomic E-state index is 12.7. The van der Waals surface area contributed by atoms with Gasteiger partial charge in [-0.3, -0.25) is 0 Å². The summed E-state index contributed by atoms with van der Waals surface area (Å²) in [5.74, 6) is -1.68. The van der Waals surface area contributed by atoms with Gasteiger partial charge in [0.2, 0.25) is 0 Å². The molecule has 0 amide bonds. The highest BCUT2D eigenvalue weighted by Gasteiger charge is 2.09. The molecule has 0 atom stereocenters. The maximum atomic E-state index is 12.7. The van der Waals surface area contributed by atoms with Crippen molar-refractivity contribution in [3.63, 3.8) is 0 Å². The summed E-state index contributed by atoms with van der Waals surface area (Å²) in [6.07, 6.45) is -0.973. The minimum absolute atomic E-state index is 0.164. The summed E-state index contributed by atoms with van der Waals surface area (Å²) in [5.41, 5.74) is 0. The molecule has 0 aliphatic carbocycles. The fourth-order valence-electron chi connectivity index (χ4n) is 0.948. The van der Waals surface area contributed by atoms with Gasteiger partial charge >= 0.3 is 6.16 Å². The molecule has 0 aromatic heterocycles. The van der Waals surface area contributed by atoms with Crippen LogP contribution in [0.1, 0.15) is 13.8 Å². The van der Waals surface area contributed by atoms with Gasteiger partial charge in [-0.25, -0.2) is 13.6 Å². The van der Waals surface area contributed by atoms with Gasteiger partial charge in [0.05, 0.1) is 6.61 Å². The number of hydrogen-bond acceptors (Lipinski definition) is 3. The molecule has 0 radical (unpaired) electrons. The van der Waals surface area contributed by atoms with Crippen LogP contribution in [0, 0.1) is 17.6 Å². The van der Waals surface area contributed by atoms with Gasteiger partial charge in [0.25, 0.3) is 0 Å². The second-order valence-electron chi connectivity index (χ2n) is 3.66. The Hall–Kier alpha value is -1.65. The lowest BCUT2D eigenvalue weighted by atomic mass is 10.2. The van der Waals surface area contributed by atoms with Gasteiger partial charge in [-0.15, -0.1) is 0 Å². The standard InChI is InChI=1S/C11H12F2O3/c1-7(2)6-15-11(14)16-10-4-8(12)3-9(13)5-10/h3-5,7H,6H2,1-2H3. The Morgan fingerprint density at radius 3 is 2.31 bits per heavy atom. The van der Waals surface area contributed by atoms with E-state index < -0.39 is 17.8 Å². The quantitative estimate of drug-likeness (QED) is 0.591. The Morgan fingerprint density at radius 1 is 1.25 bits per heavy atom. The first kappa shape index (κ1) is 12.4. The predicted octanol–water partition coefficient (Wildman–Crippen LogP) is 3.14. The predicted molar refractivity (Wildman–Crippen MR) is 53.2 cm³/mol. The van der Waals surface area contributed by atoms with Crippen LogP contribution in [0.4, 0.5) is 13.6 Å². The number of hydrogen-bond donors (Lipinski definition) is 0. The molecule has 0 heterocycles. The molecule has 0 bridgehead atoms. The maximum Gasteiger partial charge on any atom is 0.513 e. The average molecular weight is 230 g/mol. The Bertz CT molecular complexity index is 357. The summed E-state index contributed by atoms with van der Waals surface area (Å²) < 4.78 is 34.7. The van der Waals surface area contributed by atoms with Crippen LogP contribution < -0.4 is 4.74 Å². The lowest BCUT2D eigenvalue weighted by Gasteiger charge is -2.07. The molecular weight excluding hydrogens is 218 g/mol. The minimum atomic E-state index is -0.973. The van der Waals surface area contributed by atoms with Crippen LogP contribution in [0.3, 0.4) is 0 Å². The molecular formula is C11H12F2O3. The first-order valence-electron chi connectivity index (χ1n) is 4.78. The van der Waals surface area contributed by atoms with E-state index in [9.17, 15) is 13.6 Å². The van der Waals surface area contributed by atoms with Crippen LogP contribution in [-0.2, 0) is 4.74 Å². The average Bonchev–Trinajstić information content (AvgIpc) is 2.12. The molecule has 0 spiro atoms. The van der Waals surface area contributed by atoms with Crippen molar-refractivity contribution in [2.75, 3.05) is 6.61 Å². The number of halogens is 2. The molecule has 0 aliphatic rings. The van der Waals surface area contributed by atoms with Crippen molar-refractivity contribution in [3.05, 3.63) is 29.8 Å². The van der Waals surface area contributed by atoms with E-state index in [1.54, 1.807) is 0 Å². The molecule has 16 heavy (non-hydrogen) atoms. The molecule has 0 saturated heterocycles. The third-order valence-corrected chi connectivity index (χ3v) is 1.57. The first-order chi connectivity index (χ1) is 7.47. The lowest BCUT2D eigenvalue weighted by molar-refractivity contribution is 0.0884. The Labute approximate surface area is 92.0 Å². The molecule has 0 unspecified atom stereocenters. The molecule has 0 aliphatic heterocycles. The fourth-order valence-corrected chi connectivity index (χ4v) is 0.948. The normalized spacial score (nSPS) is 10.3. The van der Waals surface area contributed by atoms with Crippen molar-refractivity contribution in [2.45, 2.75) is 13.8 Å². The topological polar surface area (TPSA) is 35.5 Å². The van der Waals surface area contributed by atoms with Crippen LogP contribution >= 0.6 is 0 Å². The Morgan fingerprint density at radius 2 is 1.81 bits per heavy atom. The van der Waals surface area contributed by atoms with Gasteiger partial charge in [0.1, 0.15) is 17.4 Å².